The van der Waals surface area contributed by atoms with Crippen LogP contribution < -0.4 is 5.16 Å². The zero-order valence-corrected chi connectivity index (χ0v) is 18.5. The largest absolute Gasteiger partial charge is 0.459 e. The molecule has 0 atom stereocenters. The van der Waals surface area contributed by atoms with Crippen LogP contribution in [0.15, 0.2) is 0 Å². The smallest absolute Gasteiger partial charge is 0.403 e. The number of alkyl halides is 3. The van der Waals surface area contributed by atoms with Crippen LogP contribution in [0.5, 0.6) is 0 Å². The van der Waals surface area contributed by atoms with Gasteiger partial charge in [0.05, 0.1) is 13.0 Å². The van der Waals surface area contributed by atoms with Gasteiger partial charge in [-0.3, -0.25) is 5.21 Å². The lowest BCUT2D eigenvalue weighted by atomic mass is 9.92. The van der Waals surface area contributed by atoms with Gasteiger partial charge in [-0.15, -0.1) is 0 Å². The van der Waals surface area contributed by atoms with E-state index in [4.69, 9.17) is 14.7 Å². The summed E-state index contributed by atoms with van der Waals surface area (Å²) in [6.45, 7) is 1.09. The van der Waals surface area contributed by atoms with Gasteiger partial charge in [0.1, 0.15) is 0 Å². The maximum absolute atomic E-state index is 13.3. The lowest BCUT2D eigenvalue weighted by Crippen LogP contribution is -2.77. The van der Waals surface area contributed by atoms with Crippen molar-refractivity contribution in [1.82, 2.24) is 4.31 Å². The van der Waals surface area contributed by atoms with Gasteiger partial charge in [0.25, 0.3) is 0 Å². The zero-order chi connectivity index (χ0) is 23.0. The number of nitrogens with zero attached hydrogens (tertiary/aromatic N) is 1. The van der Waals surface area contributed by atoms with Crippen LogP contribution in [-0.2, 0) is 19.5 Å². The fraction of sp³-hybridized carbons (Fsp3) is 0.947. The molecule has 0 aliphatic carbocycles. The second kappa shape index (κ2) is 11.7. The molecule has 31 heavy (non-hydrogen) atoms. The lowest BCUT2D eigenvalue weighted by Gasteiger charge is -2.39. The molecule has 2 saturated heterocycles. The molecule has 2 aliphatic rings. The molecule has 0 radical (unpaired) electrons. The summed E-state index contributed by atoms with van der Waals surface area (Å²) >= 11 is 0. The Morgan fingerprint density at radius 2 is 1.77 bits per heavy atom. The maximum atomic E-state index is 13.3. The molecule has 0 aromatic carbocycles. The van der Waals surface area contributed by atoms with Crippen molar-refractivity contribution in [2.45, 2.75) is 68.7 Å². The summed E-state index contributed by atoms with van der Waals surface area (Å²) in [5.74, 6) is -0.271. The SMILES string of the molecule is O=S(=O)(N1CCC(CCCCCOCCC(F)(F)F)CC1)C1(/C(O)=[NH+]/O)CCOCC1. The summed E-state index contributed by atoms with van der Waals surface area (Å²) in [7, 11) is -3.88. The highest BCUT2D eigenvalue weighted by Gasteiger charge is 2.57. The molecule has 0 amide bonds. The van der Waals surface area contributed by atoms with E-state index in [1.807, 2.05) is 0 Å². The number of ether oxygens (including phenoxy) is 2. The minimum absolute atomic E-state index is 0.0691. The van der Waals surface area contributed by atoms with E-state index < -0.39 is 33.3 Å². The van der Waals surface area contributed by atoms with Gasteiger partial charge in [0, 0.05) is 45.8 Å². The van der Waals surface area contributed by atoms with Crippen molar-refractivity contribution in [3.63, 3.8) is 0 Å². The Labute approximate surface area is 181 Å². The Balaban J connectivity index is 1.72. The first kappa shape index (κ1) is 26.1. The minimum atomic E-state index is -4.18. The van der Waals surface area contributed by atoms with E-state index in [1.54, 1.807) is 5.16 Å². The number of piperidine rings is 1. The van der Waals surface area contributed by atoms with Gasteiger partial charge < -0.3 is 14.6 Å². The number of aliphatic hydroxyl groups excluding tert-OH is 1. The van der Waals surface area contributed by atoms with Crippen LogP contribution in [0.2, 0.25) is 0 Å². The van der Waals surface area contributed by atoms with E-state index in [-0.39, 0.29) is 32.7 Å². The summed E-state index contributed by atoms with van der Waals surface area (Å²) in [5.41, 5.74) is 0. The van der Waals surface area contributed by atoms with Gasteiger partial charge in [-0.25, -0.2) is 12.7 Å². The van der Waals surface area contributed by atoms with E-state index in [2.05, 4.69) is 0 Å². The first-order chi connectivity index (χ1) is 14.6. The van der Waals surface area contributed by atoms with Crippen molar-refractivity contribution in [1.29, 1.82) is 0 Å². The van der Waals surface area contributed by atoms with Crippen LogP contribution >= 0.6 is 0 Å². The quantitative estimate of drug-likeness (QED) is 0.137. The monoisotopic (exact) mass is 475 g/mol. The fourth-order valence-corrected chi connectivity index (χ4v) is 6.37. The molecular weight excluding hydrogens is 441 g/mol. The molecule has 12 heteroatoms. The molecule has 2 aliphatic heterocycles. The number of nitrogens with one attached hydrogen (secondary N) is 1. The maximum Gasteiger partial charge on any atom is 0.403 e. The van der Waals surface area contributed by atoms with E-state index in [0.717, 1.165) is 19.3 Å². The Morgan fingerprint density at radius 1 is 1.13 bits per heavy atom. The summed E-state index contributed by atoms with van der Waals surface area (Å²) in [6.07, 6.45) is -0.125. The first-order valence-electron chi connectivity index (χ1n) is 10.8. The number of hydrogen-bond acceptors (Lipinski definition) is 5. The van der Waals surface area contributed by atoms with E-state index in [0.29, 0.717) is 44.9 Å². The third kappa shape index (κ3) is 7.19. The highest BCUT2D eigenvalue weighted by molar-refractivity contribution is 7.91. The van der Waals surface area contributed by atoms with Gasteiger partial charge in [-0.1, -0.05) is 19.3 Å². The number of sulfonamides is 1. The third-order valence-corrected chi connectivity index (χ3v) is 8.81. The number of rotatable bonds is 11. The molecule has 0 bridgehead atoms. The van der Waals surface area contributed by atoms with Crippen LogP contribution in [0.4, 0.5) is 13.2 Å². The average Bonchev–Trinajstić information content (AvgIpc) is 2.75. The summed E-state index contributed by atoms with van der Waals surface area (Å²) in [6, 6.07) is 0. The number of aliphatic hydroxyl groups is 1. The lowest BCUT2D eigenvalue weighted by molar-refractivity contribution is -0.743. The number of hydrogen-bond donors (Lipinski definition) is 3. The molecule has 0 unspecified atom stereocenters. The van der Waals surface area contributed by atoms with Crippen LogP contribution in [0.25, 0.3) is 0 Å². The molecule has 2 fully saturated rings. The molecular formula is C19H34F3N2O6S+. The first-order valence-corrected chi connectivity index (χ1v) is 12.2. The topological polar surface area (TPSA) is 110 Å². The van der Waals surface area contributed by atoms with Crippen LogP contribution in [-0.4, -0.2) is 79.4 Å². The summed E-state index contributed by atoms with van der Waals surface area (Å²) in [4.78, 5) is 0. The molecule has 182 valence electrons. The van der Waals surface area contributed by atoms with Crippen molar-refractivity contribution in [2.24, 2.45) is 5.92 Å². The molecule has 0 spiro atoms. The van der Waals surface area contributed by atoms with Crippen molar-refractivity contribution in [3.8, 4) is 0 Å². The minimum Gasteiger partial charge on any atom is -0.459 e. The molecule has 3 N–H and O–H groups in total. The molecule has 0 saturated carbocycles. The van der Waals surface area contributed by atoms with Crippen molar-refractivity contribution < 1.29 is 46.5 Å². The Morgan fingerprint density at radius 3 is 2.35 bits per heavy atom. The second-order valence-electron chi connectivity index (χ2n) is 8.24. The highest BCUT2D eigenvalue weighted by Crippen LogP contribution is 2.35. The van der Waals surface area contributed by atoms with Crippen molar-refractivity contribution >= 4 is 15.9 Å². The van der Waals surface area contributed by atoms with Gasteiger partial charge in [0.15, 0.2) is 0 Å². The fourth-order valence-electron chi connectivity index (χ4n) is 4.21. The van der Waals surface area contributed by atoms with Crippen molar-refractivity contribution in [3.05, 3.63) is 0 Å². The molecule has 2 heterocycles. The molecule has 0 aromatic rings. The van der Waals surface area contributed by atoms with Crippen LogP contribution in [0, 0.1) is 5.92 Å². The third-order valence-electron chi connectivity index (χ3n) is 6.18. The van der Waals surface area contributed by atoms with Gasteiger partial charge in [0.2, 0.25) is 14.8 Å². The normalized spacial score (nSPS) is 22.0. The predicted molar refractivity (Wildman–Crippen MR) is 106 cm³/mol. The predicted octanol–water partition coefficient (Wildman–Crippen LogP) is 1.53. The van der Waals surface area contributed by atoms with Crippen LogP contribution in [0.1, 0.15) is 57.8 Å². The van der Waals surface area contributed by atoms with E-state index in [1.165, 1.54) is 4.31 Å². The zero-order valence-electron chi connectivity index (χ0n) is 17.7. The Bertz CT molecular complexity index is 673. The van der Waals surface area contributed by atoms with E-state index in [9.17, 15) is 26.7 Å². The molecule has 2 rings (SSSR count). The summed E-state index contributed by atoms with van der Waals surface area (Å²) in [5, 5.41) is 20.9. The molecule has 0 aromatic heterocycles. The summed E-state index contributed by atoms with van der Waals surface area (Å²) < 4.78 is 72.7. The van der Waals surface area contributed by atoms with Crippen LogP contribution in [0.3, 0.4) is 0 Å². The number of halogens is 3. The second-order valence-corrected chi connectivity index (χ2v) is 10.5. The van der Waals surface area contributed by atoms with Gasteiger partial charge >= 0.3 is 12.1 Å². The Hall–Kier alpha value is -1.11. The standard InChI is InChI=1S/C19H33F3N2O6S/c20-19(21,22)9-15-29-12-3-1-2-4-16-5-10-24(11-6-16)31(27,28)18(17(25)23-26)7-13-30-14-8-18/h16,26H,1-15H2,(H,23,25)/p+1. The van der Waals surface area contributed by atoms with Crippen molar-refractivity contribution in [2.75, 3.05) is 39.5 Å². The van der Waals surface area contributed by atoms with Gasteiger partial charge in [-0.05, 0) is 30.3 Å². The Kier molecular flexibility index (Phi) is 9.84. The average molecular weight is 476 g/mol. The number of unbranched alkanes of at least 4 members (excludes halogenated alkanes) is 2. The van der Waals surface area contributed by atoms with E-state index >= 15 is 0 Å². The van der Waals surface area contributed by atoms with Gasteiger partial charge in [-0.2, -0.15) is 13.2 Å². The molecule has 8 nitrogen and oxygen atoms in total. The highest BCUT2D eigenvalue weighted by atomic mass is 32.2.